The number of aromatic nitrogens is 2. The molecule has 142 valence electrons. The molecule has 8 heteroatoms. The van der Waals surface area contributed by atoms with E-state index < -0.39 is 6.09 Å². The molecule has 1 heterocycles. The highest BCUT2D eigenvalue weighted by atomic mass is 16.5. The zero-order valence-corrected chi connectivity index (χ0v) is 15.0. The Balaban J connectivity index is 1.48. The SMILES string of the molecule is Nc1ccccc1NC(=O)c1ccc(CNC(=O)OCc2cnccn2)cc1. The predicted molar refractivity (Wildman–Crippen MR) is 104 cm³/mol. The fourth-order valence-corrected chi connectivity index (χ4v) is 2.35. The summed E-state index contributed by atoms with van der Waals surface area (Å²) in [6.45, 7) is 0.314. The number of carbonyl (C=O) groups excluding carboxylic acids is 2. The summed E-state index contributed by atoms with van der Waals surface area (Å²) in [4.78, 5) is 32.0. The molecule has 0 atom stereocenters. The number of anilines is 2. The summed E-state index contributed by atoms with van der Waals surface area (Å²) < 4.78 is 5.06. The Labute approximate surface area is 161 Å². The quantitative estimate of drug-likeness (QED) is 0.568. The average molecular weight is 377 g/mol. The minimum atomic E-state index is -0.563. The van der Waals surface area contributed by atoms with E-state index in [-0.39, 0.29) is 19.1 Å². The molecule has 1 aromatic heterocycles. The lowest BCUT2D eigenvalue weighted by molar-refractivity contribution is 0.102. The maximum Gasteiger partial charge on any atom is 0.407 e. The largest absolute Gasteiger partial charge is 0.443 e. The van der Waals surface area contributed by atoms with Gasteiger partial charge in [-0.05, 0) is 29.8 Å². The van der Waals surface area contributed by atoms with E-state index in [1.54, 1.807) is 54.7 Å². The molecule has 0 bridgehead atoms. The Bertz CT molecular complexity index is 946. The van der Waals surface area contributed by atoms with Crippen LogP contribution in [-0.2, 0) is 17.9 Å². The highest BCUT2D eigenvalue weighted by Gasteiger charge is 2.08. The second-order valence-corrected chi connectivity index (χ2v) is 5.86. The number of benzene rings is 2. The highest BCUT2D eigenvalue weighted by molar-refractivity contribution is 6.05. The van der Waals surface area contributed by atoms with Crippen LogP contribution in [0.1, 0.15) is 21.6 Å². The molecule has 4 N–H and O–H groups in total. The summed E-state index contributed by atoms with van der Waals surface area (Å²) in [5.41, 5.74) is 8.75. The van der Waals surface area contributed by atoms with Crippen molar-refractivity contribution in [2.24, 2.45) is 0 Å². The van der Waals surface area contributed by atoms with Crippen LogP contribution >= 0.6 is 0 Å². The molecular weight excluding hydrogens is 358 g/mol. The Morgan fingerprint density at radius 3 is 2.54 bits per heavy atom. The number of hydrogen-bond donors (Lipinski definition) is 3. The van der Waals surface area contributed by atoms with Gasteiger partial charge in [-0.2, -0.15) is 0 Å². The van der Waals surface area contributed by atoms with Crippen LogP contribution in [0.5, 0.6) is 0 Å². The third-order valence-electron chi connectivity index (χ3n) is 3.83. The fourth-order valence-electron chi connectivity index (χ4n) is 2.35. The fraction of sp³-hybridized carbons (Fsp3) is 0.100. The molecule has 3 rings (SSSR count). The van der Waals surface area contributed by atoms with Crippen LogP contribution in [0.3, 0.4) is 0 Å². The minimum Gasteiger partial charge on any atom is -0.443 e. The first-order valence-corrected chi connectivity index (χ1v) is 8.52. The van der Waals surface area contributed by atoms with Gasteiger partial charge in [0, 0.05) is 24.5 Å². The van der Waals surface area contributed by atoms with Gasteiger partial charge < -0.3 is 21.1 Å². The van der Waals surface area contributed by atoms with Crippen LogP contribution in [0.4, 0.5) is 16.2 Å². The maximum atomic E-state index is 12.3. The van der Waals surface area contributed by atoms with Gasteiger partial charge in [0.15, 0.2) is 0 Å². The zero-order valence-electron chi connectivity index (χ0n) is 15.0. The molecule has 3 aromatic rings. The number of nitrogens with zero attached hydrogens (tertiary/aromatic N) is 2. The molecule has 0 aliphatic carbocycles. The van der Waals surface area contributed by atoms with Crippen molar-refractivity contribution in [1.29, 1.82) is 0 Å². The lowest BCUT2D eigenvalue weighted by Gasteiger charge is -2.09. The number of carbonyl (C=O) groups is 2. The topological polar surface area (TPSA) is 119 Å². The molecule has 0 unspecified atom stereocenters. The van der Waals surface area contributed by atoms with Crippen molar-refractivity contribution < 1.29 is 14.3 Å². The maximum absolute atomic E-state index is 12.3. The Morgan fingerprint density at radius 2 is 1.82 bits per heavy atom. The molecule has 2 aromatic carbocycles. The molecule has 0 saturated carbocycles. The van der Waals surface area contributed by atoms with Crippen molar-refractivity contribution in [2.45, 2.75) is 13.2 Å². The molecule has 0 aliphatic heterocycles. The number of ether oxygens (including phenoxy) is 1. The molecule has 0 aliphatic rings. The van der Waals surface area contributed by atoms with Crippen LogP contribution in [0.2, 0.25) is 0 Å². The molecule has 28 heavy (non-hydrogen) atoms. The summed E-state index contributed by atoms with van der Waals surface area (Å²) in [5.74, 6) is -0.263. The van der Waals surface area contributed by atoms with E-state index in [1.807, 2.05) is 0 Å². The minimum absolute atomic E-state index is 0.0431. The lowest BCUT2D eigenvalue weighted by Crippen LogP contribution is -2.23. The number of nitrogen functional groups attached to an aromatic ring is 1. The van der Waals surface area contributed by atoms with Crippen LogP contribution in [0.15, 0.2) is 67.1 Å². The number of rotatable bonds is 6. The lowest BCUT2D eigenvalue weighted by atomic mass is 10.1. The van der Waals surface area contributed by atoms with E-state index in [0.29, 0.717) is 22.6 Å². The smallest absolute Gasteiger partial charge is 0.407 e. The molecule has 0 spiro atoms. The van der Waals surface area contributed by atoms with Gasteiger partial charge in [0.2, 0.25) is 0 Å². The van der Waals surface area contributed by atoms with Crippen molar-refractivity contribution in [1.82, 2.24) is 15.3 Å². The Hall–Kier alpha value is -3.94. The van der Waals surface area contributed by atoms with E-state index in [9.17, 15) is 9.59 Å². The normalized spacial score (nSPS) is 10.1. The van der Waals surface area contributed by atoms with Crippen molar-refractivity contribution in [2.75, 3.05) is 11.1 Å². The molecular formula is C20H19N5O3. The van der Waals surface area contributed by atoms with E-state index >= 15 is 0 Å². The average Bonchev–Trinajstić information content (AvgIpc) is 2.73. The number of alkyl carbamates (subject to hydrolysis) is 1. The third kappa shape index (κ3) is 5.28. The predicted octanol–water partition coefficient (Wildman–Crippen LogP) is 2.74. The number of para-hydroxylation sites is 2. The van der Waals surface area contributed by atoms with E-state index in [1.165, 1.54) is 12.4 Å². The van der Waals surface area contributed by atoms with Crippen molar-refractivity contribution in [3.8, 4) is 0 Å². The second kappa shape index (κ2) is 9.13. The Kier molecular flexibility index (Phi) is 6.14. The van der Waals surface area contributed by atoms with E-state index in [2.05, 4.69) is 20.6 Å². The van der Waals surface area contributed by atoms with Gasteiger partial charge in [-0.15, -0.1) is 0 Å². The number of hydrogen-bond acceptors (Lipinski definition) is 6. The molecule has 2 amide bonds. The first-order chi connectivity index (χ1) is 13.6. The summed E-state index contributed by atoms with van der Waals surface area (Å²) in [5, 5.41) is 5.40. The van der Waals surface area contributed by atoms with Gasteiger partial charge in [-0.25, -0.2) is 4.79 Å². The van der Waals surface area contributed by atoms with Crippen LogP contribution < -0.4 is 16.4 Å². The Morgan fingerprint density at radius 1 is 1.04 bits per heavy atom. The molecule has 0 fully saturated rings. The van der Waals surface area contributed by atoms with Crippen LogP contribution in [-0.4, -0.2) is 22.0 Å². The van der Waals surface area contributed by atoms with Gasteiger partial charge in [0.1, 0.15) is 6.61 Å². The van der Waals surface area contributed by atoms with Crippen molar-refractivity contribution in [3.63, 3.8) is 0 Å². The molecule has 8 nitrogen and oxygen atoms in total. The highest BCUT2D eigenvalue weighted by Crippen LogP contribution is 2.18. The van der Waals surface area contributed by atoms with Gasteiger partial charge in [0.25, 0.3) is 5.91 Å². The standard InChI is InChI=1S/C20H19N5O3/c21-17-3-1-2-4-18(17)25-19(26)15-7-5-14(6-8-15)11-24-20(27)28-13-16-12-22-9-10-23-16/h1-10,12H,11,13,21H2,(H,24,27)(H,25,26). The summed E-state index contributed by atoms with van der Waals surface area (Å²) in [6.07, 6.45) is 4.04. The van der Waals surface area contributed by atoms with Crippen molar-refractivity contribution in [3.05, 3.63) is 83.9 Å². The summed E-state index contributed by atoms with van der Waals surface area (Å²) >= 11 is 0. The van der Waals surface area contributed by atoms with Gasteiger partial charge >= 0.3 is 6.09 Å². The number of amides is 2. The number of nitrogens with two attached hydrogens (primary N) is 1. The number of nitrogens with one attached hydrogen (secondary N) is 2. The summed E-state index contributed by atoms with van der Waals surface area (Å²) in [7, 11) is 0. The third-order valence-corrected chi connectivity index (χ3v) is 3.83. The molecule has 0 radical (unpaired) electrons. The monoisotopic (exact) mass is 377 g/mol. The zero-order chi connectivity index (χ0) is 19.8. The van der Waals surface area contributed by atoms with E-state index in [4.69, 9.17) is 10.5 Å². The second-order valence-electron chi connectivity index (χ2n) is 5.86. The first kappa shape index (κ1) is 18.8. The van der Waals surface area contributed by atoms with Gasteiger partial charge in [0.05, 0.1) is 23.3 Å². The van der Waals surface area contributed by atoms with Crippen LogP contribution in [0, 0.1) is 0 Å². The summed E-state index contributed by atoms with van der Waals surface area (Å²) in [6, 6.07) is 13.9. The van der Waals surface area contributed by atoms with E-state index in [0.717, 1.165) is 5.56 Å². The first-order valence-electron chi connectivity index (χ1n) is 8.52. The van der Waals surface area contributed by atoms with Gasteiger partial charge in [-0.3, -0.25) is 14.8 Å². The van der Waals surface area contributed by atoms with Gasteiger partial charge in [-0.1, -0.05) is 24.3 Å². The molecule has 0 saturated heterocycles. The van der Waals surface area contributed by atoms with Crippen LogP contribution in [0.25, 0.3) is 0 Å². The van der Waals surface area contributed by atoms with Crippen molar-refractivity contribution >= 4 is 23.4 Å².